The lowest BCUT2D eigenvalue weighted by atomic mass is 10.1. The molecule has 1 aromatic carbocycles. The molecular formula is C19H27N3O3S. The second kappa shape index (κ2) is 9.70. The maximum atomic E-state index is 12.8. The van der Waals surface area contributed by atoms with E-state index in [9.17, 15) is 13.2 Å². The van der Waals surface area contributed by atoms with Crippen LogP contribution in [0.25, 0.3) is 0 Å². The lowest BCUT2D eigenvalue weighted by Gasteiger charge is -2.20. The fourth-order valence-corrected chi connectivity index (χ4v) is 4.65. The molecule has 0 aliphatic carbocycles. The van der Waals surface area contributed by atoms with Crippen LogP contribution >= 0.6 is 0 Å². The van der Waals surface area contributed by atoms with Crippen LogP contribution in [0.2, 0.25) is 0 Å². The summed E-state index contributed by atoms with van der Waals surface area (Å²) < 4.78 is 27.1. The third-order valence-electron chi connectivity index (χ3n) is 4.75. The molecule has 1 fully saturated rings. The van der Waals surface area contributed by atoms with Crippen molar-refractivity contribution in [3.05, 3.63) is 29.8 Å². The van der Waals surface area contributed by atoms with Crippen LogP contribution < -0.4 is 0 Å². The Kier molecular flexibility index (Phi) is 7.61. The zero-order chi connectivity index (χ0) is 19.0. The Morgan fingerprint density at radius 2 is 1.77 bits per heavy atom. The van der Waals surface area contributed by atoms with Gasteiger partial charge in [-0.3, -0.25) is 4.79 Å². The summed E-state index contributed by atoms with van der Waals surface area (Å²) in [7, 11) is -3.44. The van der Waals surface area contributed by atoms with Crippen LogP contribution in [0.15, 0.2) is 29.2 Å². The van der Waals surface area contributed by atoms with E-state index in [1.807, 2.05) is 13.0 Å². The number of benzene rings is 1. The molecule has 0 saturated carbocycles. The number of aryl methyl sites for hydroxylation is 1. The minimum absolute atomic E-state index is 0.0599. The first-order valence-corrected chi connectivity index (χ1v) is 10.7. The van der Waals surface area contributed by atoms with Gasteiger partial charge in [-0.1, -0.05) is 25.0 Å². The molecule has 26 heavy (non-hydrogen) atoms. The molecule has 1 heterocycles. The molecule has 1 saturated heterocycles. The Labute approximate surface area is 156 Å². The Hall–Kier alpha value is -1.91. The number of amides is 1. The van der Waals surface area contributed by atoms with E-state index in [0.29, 0.717) is 37.4 Å². The average Bonchev–Trinajstić information content (AvgIpc) is 2.94. The quantitative estimate of drug-likeness (QED) is 0.684. The van der Waals surface area contributed by atoms with Crippen molar-refractivity contribution >= 4 is 15.9 Å². The van der Waals surface area contributed by atoms with E-state index >= 15 is 0 Å². The summed E-state index contributed by atoms with van der Waals surface area (Å²) in [5.74, 6) is -0.0599. The number of sulfonamides is 1. The standard InChI is InChI=1S/C19H27N3O3S/c1-2-21(16-13-20)19(23)12-9-17-7-10-18(11-8-17)26(24,25)22-14-5-3-4-6-15-22/h7-8,10-11H,2-6,9,12,14-16H2,1H3. The summed E-state index contributed by atoms with van der Waals surface area (Å²) in [4.78, 5) is 13.9. The maximum absolute atomic E-state index is 12.8. The van der Waals surface area contributed by atoms with Crippen molar-refractivity contribution in [3.63, 3.8) is 0 Å². The average molecular weight is 378 g/mol. The minimum atomic E-state index is -3.44. The lowest BCUT2D eigenvalue weighted by Crippen LogP contribution is -2.32. The Morgan fingerprint density at radius 1 is 1.15 bits per heavy atom. The fourth-order valence-electron chi connectivity index (χ4n) is 3.13. The largest absolute Gasteiger partial charge is 0.330 e. The molecule has 0 N–H and O–H groups in total. The number of nitriles is 1. The molecule has 1 aliphatic rings. The number of hydrogen-bond acceptors (Lipinski definition) is 4. The van der Waals surface area contributed by atoms with Gasteiger partial charge in [-0.25, -0.2) is 8.42 Å². The third-order valence-corrected chi connectivity index (χ3v) is 6.66. The highest BCUT2D eigenvalue weighted by atomic mass is 32.2. The number of carbonyl (C=O) groups excluding carboxylic acids is 1. The lowest BCUT2D eigenvalue weighted by molar-refractivity contribution is -0.130. The topological polar surface area (TPSA) is 81.5 Å². The molecule has 1 aromatic rings. The maximum Gasteiger partial charge on any atom is 0.243 e. The summed E-state index contributed by atoms with van der Waals surface area (Å²) in [6, 6.07) is 8.81. The minimum Gasteiger partial charge on any atom is -0.330 e. The van der Waals surface area contributed by atoms with Crippen molar-refractivity contribution in [1.29, 1.82) is 5.26 Å². The molecule has 0 aromatic heterocycles. The van der Waals surface area contributed by atoms with Crippen molar-refractivity contribution in [3.8, 4) is 6.07 Å². The van der Waals surface area contributed by atoms with Crippen molar-refractivity contribution in [1.82, 2.24) is 9.21 Å². The second-order valence-corrected chi connectivity index (χ2v) is 8.47. The Balaban J connectivity index is 1.99. The van der Waals surface area contributed by atoms with E-state index in [-0.39, 0.29) is 12.5 Å². The van der Waals surface area contributed by atoms with Gasteiger partial charge < -0.3 is 4.90 Å². The fraction of sp³-hybridized carbons (Fsp3) is 0.579. The summed E-state index contributed by atoms with van der Waals surface area (Å²) in [5, 5.41) is 8.73. The van der Waals surface area contributed by atoms with E-state index in [2.05, 4.69) is 0 Å². The van der Waals surface area contributed by atoms with Crippen LogP contribution in [0.5, 0.6) is 0 Å². The van der Waals surface area contributed by atoms with Gasteiger partial charge in [-0.15, -0.1) is 0 Å². The predicted molar refractivity (Wildman–Crippen MR) is 99.9 cm³/mol. The van der Waals surface area contributed by atoms with Gasteiger partial charge in [0.1, 0.15) is 6.54 Å². The van der Waals surface area contributed by atoms with Crippen LogP contribution in [-0.4, -0.2) is 49.7 Å². The summed E-state index contributed by atoms with van der Waals surface area (Å²) in [6.45, 7) is 3.63. The van der Waals surface area contributed by atoms with Gasteiger partial charge in [0.15, 0.2) is 0 Å². The first-order valence-electron chi connectivity index (χ1n) is 9.23. The zero-order valence-electron chi connectivity index (χ0n) is 15.4. The first kappa shape index (κ1) is 20.4. The molecular weight excluding hydrogens is 350 g/mol. The SMILES string of the molecule is CCN(CC#N)C(=O)CCc1ccc(S(=O)(=O)N2CCCCCC2)cc1. The highest BCUT2D eigenvalue weighted by Crippen LogP contribution is 2.21. The number of nitrogens with zero attached hydrogens (tertiary/aromatic N) is 3. The highest BCUT2D eigenvalue weighted by Gasteiger charge is 2.24. The Morgan fingerprint density at radius 3 is 2.31 bits per heavy atom. The van der Waals surface area contributed by atoms with Crippen molar-refractivity contribution in [2.45, 2.75) is 50.3 Å². The molecule has 7 heteroatoms. The third kappa shape index (κ3) is 5.29. The van der Waals surface area contributed by atoms with Crippen LogP contribution in [-0.2, 0) is 21.2 Å². The van der Waals surface area contributed by atoms with Gasteiger partial charge in [-0.2, -0.15) is 9.57 Å². The van der Waals surface area contributed by atoms with Gasteiger partial charge in [0.2, 0.25) is 15.9 Å². The van der Waals surface area contributed by atoms with E-state index in [0.717, 1.165) is 31.2 Å². The summed E-state index contributed by atoms with van der Waals surface area (Å²) in [6.07, 6.45) is 4.84. The molecule has 0 atom stereocenters. The summed E-state index contributed by atoms with van der Waals surface area (Å²) >= 11 is 0. The molecule has 1 aliphatic heterocycles. The van der Waals surface area contributed by atoms with Crippen LogP contribution in [0.4, 0.5) is 0 Å². The first-order chi connectivity index (χ1) is 12.5. The van der Waals surface area contributed by atoms with Gasteiger partial charge in [0, 0.05) is 26.1 Å². The molecule has 1 amide bonds. The van der Waals surface area contributed by atoms with Crippen molar-refractivity contribution in [2.75, 3.05) is 26.2 Å². The normalized spacial score (nSPS) is 15.8. The van der Waals surface area contributed by atoms with Crippen molar-refractivity contribution < 1.29 is 13.2 Å². The molecule has 142 valence electrons. The monoisotopic (exact) mass is 377 g/mol. The molecule has 0 spiro atoms. The van der Waals surface area contributed by atoms with Crippen LogP contribution in [0.3, 0.4) is 0 Å². The van der Waals surface area contributed by atoms with E-state index in [4.69, 9.17) is 5.26 Å². The number of hydrogen-bond donors (Lipinski definition) is 0. The molecule has 2 rings (SSSR count). The smallest absolute Gasteiger partial charge is 0.243 e. The highest BCUT2D eigenvalue weighted by molar-refractivity contribution is 7.89. The van der Waals surface area contributed by atoms with Gasteiger partial charge >= 0.3 is 0 Å². The van der Waals surface area contributed by atoms with Gasteiger partial charge in [-0.05, 0) is 43.9 Å². The van der Waals surface area contributed by atoms with Crippen LogP contribution in [0, 0.1) is 11.3 Å². The summed E-state index contributed by atoms with van der Waals surface area (Å²) in [5.41, 5.74) is 0.918. The molecule has 0 unspecified atom stereocenters. The van der Waals surface area contributed by atoms with Gasteiger partial charge in [0.05, 0.1) is 11.0 Å². The van der Waals surface area contributed by atoms with Gasteiger partial charge in [0.25, 0.3) is 0 Å². The Bertz CT molecular complexity index is 730. The molecule has 0 radical (unpaired) electrons. The van der Waals surface area contributed by atoms with Crippen LogP contribution in [0.1, 0.15) is 44.6 Å². The second-order valence-electron chi connectivity index (χ2n) is 6.53. The number of rotatable bonds is 7. The van der Waals surface area contributed by atoms with E-state index < -0.39 is 10.0 Å². The van der Waals surface area contributed by atoms with Crippen molar-refractivity contribution in [2.24, 2.45) is 0 Å². The number of carbonyl (C=O) groups is 1. The van der Waals surface area contributed by atoms with E-state index in [1.165, 1.54) is 4.90 Å². The molecule has 0 bridgehead atoms. The van der Waals surface area contributed by atoms with E-state index in [1.54, 1.807) is 28.6 Å². The molecule has 6 nitrogen and oxygen atoms in total. The predicted octanol–water partition coefficient (Wildman–Crippen LogP) is 2.56. The zero-order valence-corrected chi connectivity index (χ0v) is 16.2.